The van der Waals surface area contributed by atoms with Gasteiger partial charge in [0.2, 0.25) is 0 Å². The van der Waals surface area contributed by atoms with Gasteiger partial charge in [0.1, 0.15) is 5.75 Å². The second-order valence-electron chi connectivity index (χ2n) is 5.16. The van der Waals surface area contributed by atoms with E-state index < -0.39 is 0 Å². The Morgan fingerprint density at radius 1 is 1.10 bits per heavy atom. The fourth-order valence-corrected chi connectivity index (χ4v) is 2.64. The molecule has 0 radical (unpaired) electrons. The molecule has 0 bridgehead atoms. The second-order valence-corrected chi connectivity index (χ2v) is 5.16. The van der Waals surface area contributed by atoms with Gasteiger partial charge in [0.05, 0.1) is 13.2 Å². The van der Waals surface area contributed by atoms with E-state index in [1.54, 1.807) is 7.11 Å². The largest absolute Gasteiger partial charge is 0.496 e. The van der Waals surface area contributed by atoms with Crippen molar-refractivity contribution in [3.8, 4) is 5.75 Å². The maximum atomic E-state index is 5.75. The topological polar surface area (TPSA) is 47.3 Å². The van der Waals surface area contributed by atoms with Gasteiger partial charge in [0.15, 0.2) is 0 Å². The third-order valence-corrected chi connectivity index (χ3v) is 3.44. The predicted octanol–water partition coefficient (Wildman–Crippen LogP) is 3.06. The van der Waals surface area contributed by atoms with Gasteiger partial charge in [-0.05, 0) is 31.9 Å². The highest BCUT2D eigenvalue weighted by molar-refractivity contribution is 5.38. The highest BCUT2D eigenvalue weighted by Gasteiger charge is 2.15. The molecular formula is C17H22N2O. The van der Waals surface area contributed by atoms with Crippen molar-refractivity contribution in [2.24, 2.45) is 5.84 Å². The lowest BCUT2D eigenvalue weighted by Gasteiger charge is -2.19. The van der Waals surface area contributed by atoms with Gasteiger partial charge in [-0.2, -0.15) is 0 Å². The van der Waals surface area contributed by atoms with Crippen LogP contribution in [0.5, 0.6) is 5.75 Å². The van der Waals surface area contributed by atoms with Gasteiger partial charge in [0.25, 0.3) is 0 Å². The Balaban J connectivity index is 2.28. The van der Waals surface area contributed by atoms with Crippen LogP contribution in [0.15, 0.2) is 42.5 Å². The average Bonchev–Trinajstić information content (AvgIpc) is 2.43. The summed E-state index contributed by atoms with van der Waals surface area (Å²) < 4.78 is 5.42. The summed E-state index contributed by atoms with van der Waals surface area (Å²) in [5.41, 5.74) is 7.80. The van der Waals surface area contributed by atoms with Gasteiger partial charge in [-0.15, -0.1) is 0 Å². The van der Waals surface area contributed by atoms with Gasteiger partial charge < -0.3 is 4.74 Å². The normalized spacial score (nSPS) is 12.2. The molecule has 0 aliphatic rings. The van der Waals surface area contributed by atoms with E-state index in [-0.39, 0.29) is 6.04 Å². The fourth-order valence-electron chi connectivity index (χ4n) is 2.64. The molecule has 0 aliphatic heterocycles. The molecule has 0 heterocycles. The minimum absolute atomic E-state index is 0.0346. The summed E-state index contributed by atoms with van der Waals surface area (Å²) in [6.07, 6.45) is 0.833. The Kier molecular flexibility index (Phi) is 4.77. The van der Waals surface area contributed by atoms with E-state index in [9.17, 15) is 0 Å². The first-order chi connectivity index (χ1) is 9.63. The second kappa shape index (κ2) is 6.55. The molecule has 1 unspecified atom stereocenters. The number of benzene rings is 2. The first-order valence-electron chi connectivity index (χ1n) is 6.80. The molecule has 0 aromatic heterocycles. The lowest BCUT2D eigenvalue weighted by molar-refractivity contribution is 0.399. The zero-order chi connectivity index (χ0) is 14.5. The number of ether oxygens (including phenoxy) is 1. The highest BCUT2D eigenvalue weighted by Crippen LogP contribution is 2.27. The zero-order valence-corrected chi connectivity index (χ0v) is 12.3. The predicted molar refractivity (Wildman–Crippen MR) is 82.7 cm³/mol. The summed E-state index contributed by atoms with van der Waals surface area (Å²) in [4.78, 5) is 0. The third kappa shape index (κ3) is 3.38. The molecule has 0 saturated heterocycles. The molecule has 0 fully saturated rings. The van der Waals surface area contributed by atoms with Gasteiger partial charge in [-0.1, -0.05) is 47.5 Å². The number of para-hydroxylation sites is 1. The summed E-state index contributed by atoms with van der Waals surface area (Å²) >= 11 is 0. The summed E-state index contributed by atoms with van der Waals surface area (Å²) in [6.45, 7) is 4.23. The Morgan fingerprint density at radius 3 is 2.35 bits per heavy atom. The van der Waals surface area contributed by atoms with Crippen molar-refractivity contribution in [2.45, 2.75) is 26.3 Å². The van der Waals surface area contributed by atoms with E-state index in [0.717, 1.165) is 17.7 Å². The Labute approximate surface area is 120 Å². The van der Waals surface area contributed by atoms with Crippen molar-refractivity contribution in [3.05, 3.63) is 64.7 Å². The van der Waals surface area contributed by atoms with Crippen molar-refractivity contribution in [1.82, 2.24) is 5.43 Å². The van der Waals surface area contributed by atoms with Crippen molar-refractivity contribution in [2.75, 3.05) is 7.11 Å². The molecule has 2 aromatic carbocycles. The lowest BCUT2D eigenvalue weighted by Crippen LogP contribution is -2.30. The number of hydrazine groups is 1. The van der Waals surface area contributed by atoms with Crippen molar-refractivity contribution in [1.29, 1.82) is 0 Å². The third-order valence-electron chi connectivity index (χ3n) is 3.44. The molecule has 3 heteroatoms. The lowest BCUT2D eigenvalue weighted by atomic mass is 9.96. The summed E-state index contributed by atoms with van der Waals surface area (Å²) in [5, 5.41) is 0. The molecule has 0 aliphatic carbocycles. The van der Waals surface area contributed by atoms with E-state index in [1.165, 1.54) is 16.7 Å². The van der Waals surface area contributed by atoms with Crippen LogP contribution >= 0.6 is 0 Å². The van der Waals surface area contributed by atoms with E-state index in [4.69, 9.17) is 10.6 Å². The molecule has 3 N–H and O–H groups in total. The molecule has 106 valence electrons. The smallest absolute Gasteiger partial charge is 0.123 e. The molecule has 2 rings (SSSR count). The van der Waals surface area contributed by atoms with Crippen LogP contribution in [0.1, 0.15) is 28.3 Å². The molecular weight excluding hydrogens is 248 g/mol. The Bertz CT molecular complexity index is 561. The molecule has 1 atom stereocenters. The molecule has 0 amide bonds. The number of aryl methyl sites for hydroxylation is 2. The quantitative estimate of drug-likeness (QED) is 0.648. The maximum absolute atomic E-state index is 5.75. The number of methoxy groups -OCH3 is 1. The number of hydrogen-bond donors (Lipinski definition) is 2. The standard InChI is InChI=1S/C17H22N2O/c1-12-8-13(2)10-14(9-12)11-16(19-18)15-6-4-5-7-17(15)20-3/h4-10,16,19H,11,18H2,1-3H3. The highest BCUT2D eigenvalue weighted by atomic mass is 16.5. The summed E-state index contributed by atoms with van der Waals surface area (Å²) in [7, 11) is 1.68. The van der Waals surface area contributed by atoms with Gasteiger partial charge in [0, 0.05) is 5.56 Å². The summed E-state index contributed by atoms with van der Waals surface area (Å²) in [5.74, 6) is 6.61. The Morgan fingerprint density at radius 2 is 1.75 bits per heavy atom. The molecule has 20 heavy (non-hydrogen) atoms. The molecule has 3 nitrogen and oxygen atoms in total. The first kappa shape index (κ1) is 14.6. The number of rotatable bonds is 5. The van der Waals surface area contributed by atoms with Crippen LogP contribution in [0.3, 0.4) is 0 Å². The van der Waals surface area contributed by atoms with Gasteiger partial charge in [-0.25, -0.2) is 0 Å². The van der Waals surface area contributed by atoms with Crippen molar-refractivity contribution >= 4 is 0 Å². The molecule has 2 aromatic rings. The minimum atomic E-state index is 0.0346. The van der Waals surface area contributed by atoms with Crippen LogP contribution in [-0.2, 0) is 6.42 Å². The van der Waals surface area contributed by atoms with Crippen LogP contribution in [-0.4, -0.2) is 7.11 Å². The van der Waals surface area contributed by atoms with Crippen LogP contribution in [0.2, 0.25) is 0 Å². The Hall–Kier alpha value is -1.84. The van der Waals surface area contributed by atoms with Crippen LogP contribution in [0, 0.1) is 13.8 Å². The summed E-state index contributed by atoms with van der Waals surface area (Å²) in [6, 6.07) is 14.6. The zero-order valence-electron chi connectivity index (χ0n) is 12.3. The first-order valence-corrected chi connectivity index (χ1v) is 6.80. The van der Waals surface area contributed by atoms with Gasteiger partial charge >= 0.3 is 0 Å². The monoisotopic (exact) mass is 270 g/mol. The number of nitrogens with two attached hydrogens (primary N) is 1. The van der Waals surface area contributed by atoms with Crippen LogP contribution < -0.4 is 16.0 Å². The molecule has 0 saturated carbocycles. The average molecular weight is 270 g/mol. The van der Waals surface area contributed by atoms with Gasteiger partial charge in [-0.3, -0.25) is 11.3 Å². The fraction of sp³-hybridized carbons (Fsp3) is 0.294. The number of hydrogen-bond acceptors (Lipinski definition) is 3. The SMILES string of the molecule is COc1ccccc1C(Cc1cc(C)cc(C)c1)NN. The van der Waals surface area contributed by atoms with Crippen LogP contribution in [0.25, 0.3) is 0 Å². The molecule has 0 spiro atoms. The van der Waals surface area contributed by atoms with E-state index in [1.807, 2.05) is 24.3 Å². The maximum Gasteiger partial charge on any atom is 0.123 e. The van der Waals surface area contributed by atoms with E-state index in [2.05, 4.69) is 37.5 Å². The van der Waals surface area contributed by atoms with Crippen molar-refractivity contribution in [3.63, 3.8) is 0 Å². The minimum Gasteiger partial charge on any atom is -0.496 e. The van der Waals surface area contributed by atoms with Crippen molar-refractivity contribution < 1.29 is 4.74 Å². The van der Waals surface area contributed by atoms with E-state index in [0.29, 0.717) is 0 Å². The van der Waals surface area contributed by atoms with E-state index >= 15 is 0 Å². The number of nitrogens with one attached hydrogen (secondary N) is 1. The van der Waals surface area contributed by atoms with Crippen LogP contribution in [0.4, 0.5) is 0 Å².